The quantitative estimate of drug-likeness (QED) is 0.857. The monoisotopic (exact) mass is 400 g/mol. The Labute approximate surface area is 142 Å². The largest absolute Gasteiger partial charge is 0.322 e. The predicted molar refractivity (Wildman–Crippen MR) is 89.4 cm³/mol. The van der Waals surface area contributed by atoms with Crippen LogP contribution in [0.1, 0.15) is 10.4 Å². The third kappa shape index (κ3) is 3.95. The molecule has 0 radical (unpaired) electrons. The normalized spacial score (nSPS) is 11.5. The maximum absolute atomic E-state index is 13.9. The highest BCUT2D eigenvalue weighted by Crippen LogP contribution is 2.20. The van der Waals surface area contributed by atoms with Crippen molar-refractivity contribution in [2.45, 2.75) is 4.90 Å². The van der Waals surface area contributed by atoms with Gasteiger partial charge in [0.2, 0.25) is 10.0 Å². The first-order chi connectivity index (χ1) is 10.7. The van der Waals surface area contributed by atoms with Crippen LogP contribution in [0, 0.1) is 5.82 Å². The number of sulfonamides is 1. The van der Waals surface area contributed by atoms with Crippen molar-refractivity contribution in [3.63, 3.8) is 0 Å². The highest BCUT2D eigenvalue weighted by atomic mass is 79.9. The lowest BCUT2D eigenvalue weighted by atomic mass is 10.2. The smallest absolute Gasteiger partial charge is 0.258 e. The van der Waals surface area contributed by atoms with Gasteiger partial charge >= 0.3 is 0 Å². The van der Waals surface area contributed by atoms with Crippen molar-refractivity contribution >= 4 is 37.5 Å². The summed E-state index contributed by atoms with van der Waals surface area (Å²) in [6, 6.07) is 9.89. The maximum atomic E-state index is 13.9. The molecule has 0 aliphatic rings. The van der Waals surface area contributed by atoms with Gasteiger partial charge in [-0.1, -0.05) is 22.0 Å². The molecule has 2 aromatic carbocycles. The summed E-state index contributed by atoms with van der Waals surface area (Å²) >= 11 is 3.27. The number of amides is 1. The van der Waals surface area contributed by atoms with Gasteiger partial charge in [0, 0.05) is 24.3 Å². The Hall–Kier alpha value is -1.77. The Balaban J connectivity index is 2.37. The van der Waals surface area contributed by atoms with Crippen LogP contribution in [0.2, 0.25) is 0 Å². The molecule has 0 fully saturated rings. The number of carbonyl (C=O) groups is 1. The van der Waals surface area contributed by atoms with Gasteiger partial charge in [0.1, 0.15) is 5.82 Å². The first-order valence-electron chi connectivity index (χ1n) is 6.51. The van der Waals surface area contributed by atoms with E-state index in [1.165, 1.54) is 14.1 Å². The molecule has 0 spiro atoms. The van der Waals surface area contributed by atoms with Crippen LogP contribution >= 0.6 is 15.9 Å². The van der Waals surface area contributed by atoms with E-state index in [1.54, 1.807) is 24.3 Å². The number of nitrogens with one attached hydrogen (secondary N) is 1. The number of hydrogen-bond acceptors (Lipinski definition) is 3. The van der Waals surface area contributed by atoms with E-state index in [1.807, 2.05) is 0 Å². The lowest BCUT2D eigenvalue weighted by Crippen LogP contribution is -2.23. The average molecular weight is 401 g/mol. The summed E-state index contributed by atoms with van der Waals surface area (Å²) in [6.07, 6.45) is 0. The molecule has 2 aromatic rings. The van der Waals surface area contributed by atoms with Crippen molar-refractivity contribution in [2.24, 2.45) is 0 Å². The number of rotatable bonds is 4. The van der Waals surface area contributed by atoms with Gasteiger partial charge in [0.05, 0.1) is 10.5 Å². The number of halogens is 2. The molecule has 0 atom stereocenters. The van der Waals surface area contributed by atoms with Crippen LogP contribution in [0.3, 0.4) is 0 Å². The molecule has 0 aliphatic heterocycles. The van der Waals surface area contributed by atoms with E-state index in [4.69, 9.17) is 0 Å². The van der Waals surface area contributed by atoms with E-state index in [2.05, 4.69) is 21.2 Å². The van der Waals surface area contributed by atoms with Gasteiger partial charge in [0.15, 0.2) is 0 Å². The number of carbonyl (C=O) groups excluding carboxylic acids is 1. The predicted octanol–water partition coefficient (Wildman–Crippen LogP) is 3.09. The fourth-order valence-electron chi connectivity index (χ4n) is 1.81. The minimum Gasteiger partial charge on any atom is -0.322 e. The van der Waals surface area contributed by atoms with E-state index in [-0.39, 0.29) is 10.5 Å². The summed E-state index contributed by atoms with van der Waals surface area (Å²) in [5.41, 5.74) is 0.123. The Kier molecular flexibility index (Phi) is 5.18. The zero-order chi connectivity index (χ0) is 17.2. The van der Waals surface area contributed by atoms with E-state index in [0.717, 1.165) is 27.0 Å². The molecular formula is C15H14BrFN2O3S. The molecule has 1 amide bonds. The van der Waals surface area contributed by atoms with Gasteiger partial charge in [-0.25, -0.2) is 17.1 Å². The van der Waals surface area contributed by atoms with Gasteiger partial charge in [-0.2, -0.15) is 0 Å². The van der Waals surface area contributed by atoms with Crippen LogP contribution in [0.5, 0.6) is 0 Å². The summed E-state index contributed by atoms with van der Waals surface area (Å²) < 4.78 is 39.8. The summed E-state index contributed by atoms with van der Waals surface area (Å²) in [7, 11) is -1.03. The van der Waals surface area contributed by atoms with E-state index >= 15 is 0 Å². The van der Waals surface area contributed by atoms with E-state index in [0.29, 0.717) is 5.69 Å². The summed E-state index contributed by atoms with van der Waals surface area (Å²) in [6.45, 7) is 0. The van der Waals surface area contributed by atoms with Crippen LogP contribution in [0.15, 0.2) is 51.8 Å². The lowest BCUT2D eigenvalue weighted by Gasteiger charge is -2.13. The molecule has 0 heterocycles. The molecule has 5 nitrogen and oxygen atoms in total. The van der Waals surface area contributed by atoms with Crippen LogP contribution in [0.4, 0.5) is 10.1 Å². The summed E-state index contributed by atoms with van der Waals surface area (Å²) in [4.78, 5) is 12.1. The molecule has 23 heavy (non-hydrogen) atoms. The van der Waals surface area contributed by atoms with Gasteiger partial charge in [-0.05, 0) is 36.4 Å². The van der Waals surface area contributed by atoms with Crippen LogP contribution in [-0.2, 0) is 10.0 Å². The molecule has 122 valence electrons. The molecule has 0 unspecified atom stereocenters. The molecule has 0 aromatic heterocycles. The molecule has 2 rings (SSSR count). The van der Waals surface area contributed by atoms with Crippen molar-refractivity contribution < 1.29 is 17.6 Å². The Morgan fingerprint density at radius 2 is 1.87 bits per heavy atom. The highest BCUT2D eigenvalue weighted by Gasteiger charge is 2.21. The van der Waals surface area contributed by atoms with Gasteiger partial charge in [-0.15, -0.1) is 0 Å². The SMILES string of the molecule is CN(C)S(=O)(=O)c1ccc(F)c(C(=O)Nc2cccc(Br)c2)c1. The minimum absolute atomic E-state index is 0.150. The highest BCUT2D eigenvalue weighted by molar-refractivity contribution is 9.10. The zero-order valence-electron chi connectivity index (χ0n) is 12.4. The molecule has 0 saturated heterocycles. The number of anilines is 1. The number of hydrogen-bond donors (Lipinski definition) is 1. The Morgan fingerprint density at radius 3 is 2.48 bits per heavy atom. The minimum atomic E-state index is -3.75. The Bertz CT molecular complexity index is 854. The van der Waals surface area contributed by atoms with Crippen molar-refractivity contribution in [1.29, 1.82) is 0 Å². The van der Waals surface area contributed by atoms with Crippen LogP contribution < -0.4 is 5.32 Å². The molecule has 0 aliphatic carbocycles. The second kappa shape index (κ2) is 6.77. The molecule has 8 heteroatoms. The molecule has 1 N–H and O–H groups in total. The van der Waals surface area contributed by atoms with Crippen molar-refractivity contribution in [3.05, 3.63) is 58.3 Å². The first kappa shape index (κ1) is 17.6. The number of nitrogens with zero attached hydrogens (tertiary/aromatic N) is 1. The van der Waals surface area contributed by atoms with Crippen molar-refractivity contribution in [1.82, 2.24) is 4.31 Å². The molecular weight excluding hydrogens is 387 g/mol. The fourth-order valence-corrected chi connectivity index (χ4v) is 3.14. The van der Waals surface area contributed by atoms with Gasteiger partial charge < -0.3 is 5.32 Å². The summed E-state index contributed by atoms with van der Waals surface area (Å²) in [5.74, 6) is -1.52. The van der Waals surface area contributed by atoms with E-state index in [9.17, 15) is 17.6 Å². The standard InChI is InChI=1S/C15H14BrFN2O3S/c1-19(2)23(21,22)12-6-7-14(17)13(9-12)15(20)18-11-5-3-4-10(16)8-11/h3-9H,1-2H3,(H,18,20). The van der Waals surface area contributed by atoms with Crippen LogP contribution in [0.25, 0.3) is 0 Å². The lowest BCUT2D eigenvalue weighted by molar-refractivity contribution is 0.102. The first-order valence-corrected chi connectivity index (χ1v) is 8.74. The van der Waals surface area contributed by atoms with Gasteiger partial charge in [-0.3, -0.25) is 4.79 Å². The van der Waals surface area contributed by atoms with Crippen molar-refractivity contribution in [2.75, 3.05) is 19.4 Å². The topological polar surface area (TPSA) is 66.5 Å². The second-order valence-corrected chi connectivity index (χ2v) is 7.96. The van der Waals surface area contributed by atoms with Crippen LogP contribution in [-0.4, -0.2) is 32.7 Å². The third-order valence-electron chi connectivity index (χ3n) is 3.04. The second-order valence-electron chi connectivity index (χ2n) is 4.89. The number of benzene rings is 2. The molecule has 0 saturated carbocycles. The van der Waals surface area contributed by atoms with E-state index < -0.39 is 21.7 Å². The fraction of sp³-hybridized carbons (Fsp3) is 0.133. The molecule has 0 bridgehead atoms. The summed E-state index contributed by atoms with van der Waals surface area (Å²) in [5, 5.41) is 2.53. The average Bonchev–Trinajstić information content (AvgIpc) is 2.47. The zero-order valence-corrected chi connectivity index (χ0v) is 14.8. The van der Waals surface area contributed by atoms with Crippen molar-refractivity contribution in [3.8, 4) is 0 Å². The third-order valence-corrected chi connectivity index (χ3v) is 5.35. The Morgan fingerprint density at radius 1 is 1.17 bits per heavy atom. The van der Waals surface area contributed by atoms with Gasteiger partial charge in [0.25, 0.3) is 5.91 Å². The maximum Gasteiger partial charge on any atom is 0.258 e.